The molecule has 1 amide bonds. The van der Waals surface area contributed by atoms with Gasteiger partial charge in [-0.1, -0.05) is 0 Å². The topological polar surface area (TPSA) is 72.3 Å². The van der Waals surface area contributed by atoms with Crippen molar-refractivity contribution in [1.29, 1.82) is 0 Å². The number of nitrogens with zero attached hydrogens (tertiary/aromatic N) is 1. The third kappa shape index (κ3) is 1.80. The van der Waals surface area contributed by atoms with Gasteiger partial charge in [0.1, 0.15) is 0 Å². The number of carbonyl (C=O) groups excluding carboxylic acids is 1. The van der Waals surface area contributed by atoms with Crippen LogP contribution in [0.15, 0.2) is 18.2 Å². The summed E-state index contributed by atoms with van der Waals surface area (Å²) in [4.78, 5) is 13.4. The van der Waals surface area contributed by atoms with Crippen LogP contribution in [0.5, 0.6) is 0 Å². The number of hydrogen-bond acceptors (Lipinski definition) is 3. The fourth-order valence-corrected chi connectivity index (χ4v) is 1.95. The second kappa shape index (κ2) is 3.55. The molecular formula is C11H15N3O. The molecule has 2 rings (SSSR count). The second-order valence-corrected chi connectivity index (χ2v) is 4.01. The largest absolute Gasteiger partial charge is 0.399 e. The van der Waals surface area contributed by atoms with Crippen LogP contribution in [-0.4, -0.2) is 18.5 Å². The lowest BCUT2D eigenvalue weighted by Crippen LogP contribution is -2.28. The molecule has 1 fully saturated rings. The number of benzene rings is 1. The molecule has 1 aromatic rings. The van der Waals surface area contributed by atoms with Crippen LogP contribution in [0.2, 0.25) is 0 Å². The Bertz CT molecular complexity index is 403. The summed E-state index contributed by atoms with van der Waals surface area (Å²) in [5.41, 5.74) is 14.1. The van der Waals surface area contributed by atoms with Crippen molar-refractivity contribution < 1.29 is 4.79 Å². The van der Waals surface area contributed by atoms with Crippen molar-refractivity contribution in [1.82, 2.24) is 0 Å². The first-order valence-electron chi connectivity index (χ1n) is 5.00. The van der Waals surface area contributed by atoms with Gasteiger partial charge >= 0.3 is 0 Å². The fraction of sp³-hybridized carbons (Fsp3) is 0.364. The number of aryl methyl sites for hydroxylation is 1. The second-order valence-electron chi connectivity index (χ2n) is 4.01. The van der Waals surface area contributed by atoms with Crippen LogP contribution >= 0.6 is 0 Å². The van der Waals surface area contributed by atoms with Crippen molar-refractivity contribution in [3.8, 4) is 0 Å². The summed E-state index contributed by atoms with van der Waals surface area (Å²) < 4.78 is 0. The van der Waals surface area contributed by atoms with Gasteiger partial charge in [-0.2, -0.15) is 0 Å². The number of nitrogen functional groups attached to an aromatic ring is 1. The van der Waals surface area contributed by atoms with Crippen molar-refractivity contribution in [3.63, 3.8) is 0 Å². The molecule has 1 heterocycles. The van der Waals surface area contributed by atoms with Crippen molar-refractivity contribution >= 4 is 17.3 Å². The van der Waals surface area contributed by atoms with Crippen molar-refractivity contribution in [2.45, 2.75) is 19.4 Å². The van der Waals surface area contributed by atoms with Crippen LogP contribution in [0.1, 0.15) is 12.0 Å². The van der Waals surface area contributed by atoms with Crippen LogP contribution in [0.4, 0.5) is 11.4 Å². The number of hydrogen-bond donors (Lipinski definition) is 2. The fourth-order valence-electron chi connectivity index (χ4n) is 1.95. The number of rotatable bonds is 1. The summed E-state index contributed by atoms with van der Waals surface area (Å²) in [5, 5.41) is 0. The molecule has 0 bridgehead atoms. The molecule has 15 heavy (non-hydrogen) atoms. The van der Waals surface area contributed by atoms with Crippen molar-refractivity contribution in [2.75, 3.05) is 17.2 Å². The molecule has 1 aliphatic rings. The molecule has 4 nitrogen and oxygen atoms in total. The predicted octanol–water partition coefficient (Wildman–Crippen LogP) is 0.641. The van der Waals surface area contributed by atoms with Crippen LogP contribution in [0.25, 0.3) is 0 Å². The first-order valence-corrected chi connectivity index (χ1v) is 5.00. The third-order valence-corrected chi connectivity index (χ3v) is 2.67. The zero-order valence-electron chi connectivity index (χ0n) is 8.73. The maximum Gasteiger partial charge on any atom is 0.228 e. The quantitative estimate of drug-likeness (QED) is 0.661. The number of carbonyl (C=O) groups is 1. The van der Waals surface area contributed by atoms with E-state index in [-0.39, 0.29) is 11.9 Å². The van der Waals surface area contributed by atoms with Gasteiger partial charge in [-0.3, -0.25) is 4.79 Å². The summed E-state index contributed by atoms with van der Waals surface area (Å²) in [7, 11) is 0. The number of nitrogens with two attached hydrogens (primary N) is 2. The molecule has 0 aromatic heterocycles. The van der Waals surface area contributed by atoms with Crippen LogP contribution in [-0.2, 0) is 4.79 Å². The summed E-state index contributed by atoms with van der Waals surface area (Å²) in [5.74, 6) is 0.0929. The number of amides is 1. The Balaban J connectivity index is 2.34. The SMILES string of the molecule is Cc1cc(N)ccc1N1CC(N)CC1=O. The molecule has 1 saturated heterocycles. The van der Waals surface area contributed by atoms with Crippen LogP contribution in [0.3, 0.4) is 0 Å². The Morgan fingerprint density at radius 3 is 2.73 bits per heavy atom. The van der Waals surface area contributed by atoms with Crippen LogP contribution < -0.4 is 16.4 Å². The summed E-state index contributed by atoms with van der Waals surface area (Å²) in [6.45, 7) is 2.55. The minimum Gasteiger partial charge on any atom is -0.399 e. The van der Waals surface area contributed by atoms with Gasteiger partial charge in [0.05, 0.1) is 0 Å². The summed E-state index contributed by atoms with van der Waals surface area (Å²) in [6, 6.07) is 5.50. The highest BCUT2D eigenvalue weighted by Gasteiger charge is 2.28. The summed E-state index contributed by atoms with van der Waals surface area (Å²) in [6.07, 6.45) is 0.434. The summed E-state index contributed by atoms with van der Waals surface area (Å²) >= 11 is 0. The normalized spacial score (nSPS) is 21.1. The van der Waals surface area contributed by atoms with E-state index in [1.165, 1.54) is 0 Å². The highest BCUT2D eigenvalue weighted by molar-refractivity contribution is 5.97. The molecule has 0 aliphatic carbocycles. The Morgan fingerprint density at radius 2 is 2.20 bits per heavy atom. The average Bonchev–Trinajstić information content (AvgIpc) is 2.45. The minimum atomic E-state index is -0.0468. The van der Waals surface area contributed by atoms with E-state index >= 15 is 0 Å². The van der Waals surface area contributed by atoms with E-state index in [2.05, 4.69) is 0 Å². The molecule has 1 aromatic carbocycles. The Labute approximate surface area is 88.9 Å². The van der Waals surface area contributed by atoms with Crippen molar-refractivity contribution in [2.24, 2.45) is 5.73 Å². The maximum absolute atomic E-state index is 11.6. The van der Waals surface area contributed by atoms with Gasteiger partial charge in [0.2, 0.25) is 5.91 Å². The van der Waals surface area contributed by atoms with Gasteiger partial charge in [-0.25, -0.2) is 0 Å². The van der Waals surface area contributed by atoms with E-state index in [4.69, 9.17) is 11.5 Å². The molecule has 0 radical (unpaired) electrons. The van der Waals surface area contributed by atoms with Crippen LogP contribution in [0, 0.1) is 6.92 Å². The molecule has 1 atom stereocenters. The third-order valence-electron chi connectivity index (χ3n) is 2.67. The Kier molecular flexibility index (Phi) is 2.36. The van der Waals surface area contributed by atoms with E-state index < -0.39 is 0 Å². The smallest absolute Gasteiger partial charge is 0.228 e. The lowest BCUT2D eigenvalue weighted by Gasteiger charge is -2.18. The lowest BCUT2D eigenvalue weighted by atomic mass is 10.1. The monoisotopic (exact) mass is 205 g/mol. The standard InChI is InChI=1S/C11H15N3O/c1-7-4-8(12)2-3-10(7)14-6-9(13)5-11(14)15/h2-4,9H,5-6,12-13H2,1H3. The molecule has 4 heteroatoms. The van der Waals surface area contributed by atoms with Gasteiger partial charge < -0.3 is 16.4 Å². The number of anilines is 2. The first kappa shape index (κ1) is 9.98. The highest BCUT2D eigenvalue weighted by atomic mass is 16.2. The van der Waals surface area contributed by atoms with E-state index in [9.17, 15) is 4.79 Å². The van der Waals surface area contributed by atoms with Gasteiger partial charge in [-0.15, -0.1) is 0 Å². The average molecular weight is 205 g/mol. The lowest BCUT2D eigenvalue weighted by molar-refractivity contribution is -0.117. The van der Waals surface area contributed by atoms with E-state index in [0.717, 1.165) is 11.3 Å². The molecule has 1 unspecified atom stereocenters. The van der Waals surface area contributed by atoms with Gasteiger partial charge in [0.15, 0.2) is 0 Å². The van der Waals surface area contributed by atoms with Crippen molar-refractivity contribution in [3.05, 3.63) is 23.8 Å². The molecule has 0 saturated carbocycles. The first-order chi connectivity index (χ1) is 7.08. The molecule has 80 valence electrons. The van der Waals surface area contributed by atoms with E-state index in [1.54, 1.807) is 11.0 Å². The highest BCUT2D eigenvalue weighted by Crippen LogP contribution is 2.26. The zero-order valence-corrected chi connectivity index (χ0v) is 8.73. The Morgan fingerprint density at radius 1 is 1.47 bits per heavy atom. The molecule has 1 aliphatic heterocycles. The molecular weight excluding hydrogens is 190 g/mol. The van der Waals surface area contributed by atoms with Gasteiger partial charge in [-0.05, 0) is 30.7 Å². The van der Waals surface area contributed by atoms with Gasteiger partial charge in [0, 0.05) is 30.4 Å². The maximum atomic E-state index is 11.6. The Hall–Kier alpha value is -1.55. The molecule has 4 N–H and O–H groups in total. The molecule has 0 spiro atoms. The van der Waals surface area contributed by atoms with Gasteiger partial charge in [0.25, 0.3) is 0 Å². The minimum absolute atomic E-state index is 0.0468. The van der Waals surface area contributed by atoms with E-state index in [0.29, 0.717) is 18.7 Å². The van der Waals surface area contributed by atoms with E-state index in [1.807, 2.05) is 19.1 Å². The predicted molar refractivity (Wildman–Crippen MR) is 60.5 cm³/mol. The zero-order chi connectivity index (χ0) is 11.0.